The Morgan fingerprint density at radius 1 is 1.50 bits per heavy atom. The average Bonchev–Trinajstić information content (AvgIpc) is 2.60. The number of rotatable bonds is 3. The molecule has 1 N–H and O–H groups in total. The number of halogens is 1. The molecule has 0 bridgehead atoms. The molecule has 0 atom stereocenters. The van der Waals surface area contributed by atoms with Crippen LogP contribution in [0.4, 0.5) is 5.69 Å². The largest absolute Gasteiger partial charge is 0.457 e. The predicted octanol–water partition coefficient (Wildman–Crippen LogP) is 1.92. The van der Waals surface area contributed by atoms with Crippen molar-refractivity contribution in [2.24, 2.45) is 0 Å². The van der Waals surface area contributed by atoms with Crippen LogP contribution in [0.2, 0.25) is 0 Å². The van der Waals surface area contributed by atoms with E-state index in [-0.39, 0.29) is 24.9 Å². The highest BCUT2D eigenvalue weighted by molar-refractivity contribution is 6.19. The Bertz CT molecular complexity index is 445. The number of anilines is 1. The van der Waals surface area contributed by atoms with E-state index >= 15 is 0 Å². The van der Waals surface area contributed by atoms with Crippen molar-refractivity contribution in [1.29, 1.82) is 0 Å². The van der Waals surface area contributed by atoms with E-state index in [9.17, 15) is 9.59 Å². The van der Waals surface area contributed by atoms with Crippen molar-refractivity contribution >= 4 is 29.2 Å². The van der Waals surface area contributed by atoms with Crippen molar-refractivity contribution in [1.82, 2.24) is 0 Å². The van der Waals surface area contributed by atoms with Crippen LogP contribution in [0.15, 0.2) is 18.2 Å². The Morgan fingerprint density at radius 3 is 3.06 bits per heavy atom. The van der Waals surface area contributed by atoms with Gasteiger partial charge in [-0.25, -0.2) is 4.79 Å². The molecule has 0 aliphatic carbocycles. The molecule has 0 spiro atoms. The molecule has 1 aromatic rings. The number of carbonyl (C=O) groups excluding carboxylic acids is 2. The molecule has 1 heterocycles. The van der Waals surface area contributed by atoms with Crippen LogP contribution in [0.25, 0.3) is 0 Å². The zero-order valence-electron chi connectivity index (χ0n) is 8.46. The zero-order chi connectivity index (χ0) is 11.5. The molecule has 0 saturated carbocycles. The molecule has 0 radical (unpaired) electrons. The number of cyclic esters (lactones) is 1. The minimum Gasteiger partial charge on any atom is -0.457 e. The second-order valence-corrected chi connectivity index (χ2v) is 3.81. The SMILES string of the molecule is O=C(CCCl)Nc1ccc2c(c1)COC2=O. The van der Waals surface area contributed by atoms with E-state index < -0.39 is 0 Å². The summed E-state index contributed by atoms with van der Waals surface area (Å²) in [5, 5.41) is 2.70. The van der Waals surface area contributed by atoms with Crippen LogP contribution in [-0.4, -0.2) is 17.8 Å². The number of amides is 1. The van der Waals surface area contributed by atoms with Gasteiger partial charge >= 0.3 is 5.97 Å². The van der Waals surface area contributed by atoms with Gasteiger partial charge in [0, 0.05) is 23.6 Å². The van der Waals surface area contributed by atoms with Gasteiger partial charge in [-0.15, -0.1) is 11.6 Å². The molecule has 0 unspecified atom stereocenters. The Labute approximate surface area is 97.5 Å². The molecule has 4 nitrogen and oxygen atoms in total. The molecule has 2 rings (SSSR count). The summed E-state index contributed by atoms with van der Waals surface area (Å²) in [6.07, 6.45) is 0.272. The van der Waals surface area contributed by atoms with Crippen molar-refractivity contribution in [3.63, 3.8) is 0 Å². The average molecular weight is 240 g/mol. The Hall–Kier alpha value is -1.55. The third kappa shape index (κ3) is 2.17. The number of ether oxygens (including phenoxy) is 1. The maximum Gasteiger partial charge on any atom is 0.338 e. The fourth-order valence-corrected chi connectivity index (χ4v) is 1.69. The summed E-state index contributed by atoms with van der Waals surface area (Å²) in [5.74, 6) is -0.160. The summed E-state index contributed by atoms with van der Waals surface area (Å²) in [4.78, 5) is 22.5. The van der Waals surface area contributed by atoms with Gasteiger partial charge in [-0.3, -0.25) is 4.79 Å². The van der Waals surface area contributed by atoms with E-state index in [1.807, 2.05) is 0 Å². The Balaban J connectivity index is 2.13. The summed E-state index contributed by atoms with van der Waals surface area (Å²) < 4.78 is 4.86. The van der Waals surface area contributed by atoms with E-state index in [2.05, 4.69) is 5.32 Å². The van der Waals surface area contributed by atoms with Gasteiger partial charge in [-0.2, -0.15) is 0 Å². The maximum absolute atomic E-state index is 11.3. The first-order valence-electron chi connectivity index (χ1n) is 4.86. The second kappa shape index (κ2) is 4.53. The summed E-state index contributed by atoms with van der Waals surface area (Å²) in [5.41, 5.74) is 2.02. The Morgan fingerprint density at radius 2 is 2.31 bits per heavy atom. The highest BCUT2D eigenvalue weighted by atomic mass is 35.5. The van der Waals surface area contributed by atoms with Gasteiger partial charge < -0.3 is 10.1 Å². The molecule has 5 heteroatoms. The lowest BCUT2D eigenvalue weighted by atomic mass is 10.1. The Kier molecular flexibility index (Phi) is 3.10. The van der Waals surface area contributed by atoms with E-state index in [1.54, 1.807) is 18.2 Å². The molecule has 0 aromatic heterocycles. The first-order valence-corrected chi connectivity index (χ1v) is 5.40. The summed E-state index contributed by atoms with van der Waals surface area (Å²) >= 11 is 5.45. The molecule has 1 amide bonds. The van der Waals surface area contributed by atoms with Gasteiger partial charge in [-0.05, 0) is 18.2 Å². The topological polar surface area (TPSA) is 55.4 Å². The van der Waals surface area contributed by atoms with Gasteiger partial charge in [0.1, 0.15) is 6.61 Å². The van der Waals surface area contributed by atoms with E-state index in [1.165, 1.54) is 0 Å². The molecule has 1 aliphatic rings. The molecule has 0 saturated heterocycles. The number of benzene rings is 1. The lowest BCUT2D eigenvalue weighted by molar-refractivity contribution is -0.115. The van der Waals surface area contributed by atoms with E-state index in [4.69, 9.17) is 16.3 Å². The number of alkyl halides is 1. The standard InChI is InChI=1S/C11H10ClNO3/c12-4-3-10(14)13-8-1-2-9-7(5-8)6-16-11(9)15/h1-2,5H,3-4,6H2,(H,13,14). The van der Waals surface area contributed by atoms with Gasteiger partial charge in [-0.1, -0.05) is 0 Å². The van der Waals surface area contributed by atoms with E-state index in [0.717, 1.165) is 5.56 Å². The van der Waals surface area contributed by atoms with Crippen LogP contribution in [0.1, 0.15) is 22.3 Å². The number of hydrogen-bond acceptors (Lipinski definition) is 3. The molecule has 84 valence electrons. The predicted molar refractivity (Wildman–Crippen MR) is 59.5 cm³/mol. The number of fused-ring (bicyclic) bond motifs is 1. The van der Waals surface area contributed by atoms with Crippen LogP contribution in [0.5, 0.6) is 0 Å². The molecule has 16 heavy (non-hydrogen) atoms. The molecule has 1 aromatic carbocycles. The van der Waals surface area contributed by atoms with Crippen LogP contribution < -0.4 is 5.32 Å². The number of esters is 1. The first kappa shape index (κ1) is 11.0. The lowest BCUT2D eigenvalue weighted by Crippen LogP contribution is -2.11. The van der Waals surface area contributed by atoms with E-state index in [0.29, 0.717) is 17.1 Å². The van der Waals surface area contributed by atoms with Crippen molar-refractivity contribution in [3.05, 3.63) is 29.3 Å². The quantitative estimate of drug-likeness (QED) is 0.648. The minimum absolute atomic E-state index is 0.139. The molecular weight excluding hydrogens is 230 g/mol. The van der Waals surface area contributed by atoms with Gasteiger partial charge in [0.15, 0.2) is 0 Å². The number of carbonyl (C=O) groups is 2. The molecule has 1 aliphatic heterocycles. The summed E-state index contributed by atoms with van der Waals surface area (Å²) in [6, 6.07) is 5.07. The summed E-state index contributed by atoms with van der Waals surface area (Å²) in [6.45, 7) is 0.271. The highest BCUT2D eigenvalue weighted by Crippen LogP contribution is 2.23. The zero-order valence-corrected chi connectivity index (χ0v) is 9.21. The van der Waals surface area contributed by atoms with Gasteiger partial charge in [0.25, 0.3) is 0 Å². The first-order chi connectivity index (χ1) is 7.70. The van der Waals surface area contributed by atoms with Gasteiger partial charge in [0.2, 0.25) is 5.91 Å². The second-order valence-electron chi connectivity index (χ2n) is 3.44. The smallest absolute Gasteiger partial charge is 0.338 e. The fraction of sp³-hybridized carbons (Fsp3) is 0.273. The van der Waals surface area contributed by atoms with Crippen LogP contribution in [0.3, 0.4) is 0 Å². The van der Waals surface area contributed by atoms with Crippen molar-refractivity contribution in [2.75, 3.05) is 11.2 Å². The number of nitrogens with one attached hydrogen (secondary N) is 1. The lowest BCUT2D eigenvalue weighted by Gasteiger charge is -2.04. The van der Waals surface area contributed by atoms with Crippen LogP contribution in [0, 0.1) is 0 Å². The van der Waals surface area contributed by atoms with Crippen molar-refractivity contribution < 1.29 is 14.3 Å². The minimum atomic E-state index is -0.311. The van der Waals surface area contributed by atoms with Crippen molar-refractivity contribution in [2.45, 2.75) is 13.0 Å². The maximum atomic E-state index is 11.3. The van der Waals surface area contributed by atoms with Gasteiger partial charge in [0.05, 0.1) is 5.56 Å². The summed E-state index contributed by atoms with van der Waals surface area (Å²) in [7, 11) is 0. The third-order valence-corrected chi connectivity index (χ3v) is 2.48. The highest BCUT2D eigenvalue weighted by Gasteiger charge is 2.20. The molecule has 0 fully saturated rings. The van der Waals surface area contributed by atoms with Crippen LogP contribution in [-0.2, 0) is 16.1 Å². The normalized spacial score (nSPS) is 13.2. The molecular formula is C11H10ClNO3. The number of hydrogen-bond donors (Lipinski definition) is 1. The fourth-order valence-electron chi connectivity index (χ4n) is 1.52. The van der Waals surface area contributed by atoms with Crippen molar-refractivity contribution in [3.8, 4) is 0 Å². The monoisotopic (exact) mass is 239 g/mol. The third-order valence-electron chi connectivity index (χ3n) is 2.29. The van der Waals surface area contributed by atoms with Crippen LogP contribution >= 0.6 is 11.6 Å².